The maximum atomic E-state index is 12.7. The van der Waals surface area contributed by atoms with Gasteiger partial charge in [-0.05, 0) is 42.8 Å². The van der Waals surface area contributed by atoms with Gasteiger partial charge in [0.25, 0.3) is 0 Å². The number of nitrogens with one attached hydrogen (secondary N) is 2. The van der Waals surface area contributed by atoms with Crippen molar-refractivity contribution in [1.29, 1.82) is 0 Å². The highest BCUT2D eigenvalue weighted by Crippen LogP contribution is 2.34. The number of amides is 2. The van der Waals surface area contributed by atoms with Crippen LogP contribution < -0.4 is 10.6 Å². The molecule has 0 aromatic heterocycles. The quantitative estimate of drug-likeness (QED) is 0.711. The van der Waals surface area contributed by atoms with Crippen molar-refractivity contribution in [3.05, 3.63) is 47.0 Å². The van der Waals surface area contributed by atoms with Crippen LogP contribution in [0.2, 0.25) is 5.02 Å². The van der Waals surface area contributed by atoms with Gasteiger partial charge >= 0.3 is 0 Å². The fraction of sp³-hybridized carbons (Fsp3) is 0.300. The van der Waals surface area contributed by atoms with E-state index in [9.17, 15) is 18.0 Å². The van der Waals surface area contributed by atoms with Crippen LogP contribution in [0.25, 0.3) is 0 Å². The summed E-state index contributed by atoms with van der Waals surface area (Å²) in [7, 11) is -3.69. The zero-order valence-electron chi connectivity index (χ0n) is 16.0. The minimum Gasteiger partial charge on any atom is -0.326 e. The number of halogens is 1. The van der Waals surface area contributed by atoms with Gasteiger partial charge in [-0.2, -0.15) is 0 Å². The van der Waals surface area contributed by atoms with Crippen LogP contribution in [0.3, 0.4) is 0 Å². The molecule has 0 bridgehead atoms. The molecule has 1 atom stereocenters. The Hall–Kier alpha value is -2.03. The summed E-state index contributed by atoms with van der Waals surface area (Å²) >= 11 is 7.45. The standard InChI is InChI=1S/C20H21ClN2O4S2/c1-12-3-4-14(21)9-16(12)22-19(24)7-8-29(26,27)15-5-6-18-17(10-15)23-20(25)13(2)11-28-18/h3-6,9-10,13H,7-8,11H2,1-2H3,(H,22,24)(H,23,25)/t13-/m0/s1. The van der Waals surface area contributed by atoms with E-state index in [0.717, 1.165) is 10.5 Å². The zero-order valence-corrected chi connectivity index (χ0v) is 18.4. The number of thioether (sulfide) groups is 1. The third-order valence-electron chi connectivity index (χ3n) is 4.58. The molecule has 0 fully saturated rings. The summed E-state index contributed by atoms with van der Waals surface area (Å²) in [5, 5.41) is 5.96. The van der Waals surface area contributed by atoms with Crippen molar-refractivity contribution < 1.29 is 18.0 Å². The molecule has 6 nitrogen and oxygen atoms in total. The molecule has 2 aromatic rings. The van der Waals surface area contributed by atoms with E-state index in [2.05, 4.69) is 10.6 Å². The topological polar surface area (TPSA) is 92.3 Å². The van der Waals surface area contributed by atoms with E-state index in [1.54, 1.807) is 24.3 Å². The fourth-order valence-corrected chi connectivity index (χ4v) is 5.20. The van der Waals surface area contributed by atoms with Gasteiger partial charge in [0.2, 0.25) is 11.8 Å². The summed E-state index contributed by atoms with van der Waals surface area (Å²) in [6.45, 7) is 3.65. The van der Waals surface area contributed by atoms with E-state index in [1.807, 2.05) is 13.8 Å². The SMILES string of the molecule is Cc1ccc(Cl)cc1NC(=O)CCS(=O)(=O)c1ccc2c(c1)NC(=O)[C@@H](C)CS2. The van der Waals surface area contributed by atoms with Crippen LogP contribution in [0.1, 0.15) is 18.9 Å². The van der Waals surface area contributed by atoms with Gasteiger partial charge in [0.1, 0.15) is 0 Å². The molecule has 29 heavy (non-hydrogen) atoms. The molecule has 0 radical (unpaired) electrons. The number of benzene rings is 2. The third kappa shape index (κ3) is 5.32. The number of anilines is 2. The Bertz CT molecular complexity index is 1070. The summed E-state index contributed by atoms with van der Waals surface area (Å²) in [5.74, 6) is -0.414. The van der Waals surface area contributed by atoms with Gasteiger partial charge in [0.05, 0.1) is 16.3 Å². The van der Waals surface area contributed by atoms with Crippen molar-refractivity contribution in [2.45, 2.75) is 30.1 Å². The summed E-state index contributed by atoms with van der Waals surface area (Å²) < 4.78 is 25.4. The van der Waals surface area contributed by atoms with E-state index in [-0.39, 0.29) is 28.9 Å². The van der Waals surface area contributed by atoms with Gasteiger partial charge in [0.15, 0.2) is 9.84 Å². The molecule has 2 aromatic carbocycles. The van der Waals surface area contributed by atoms with Crippen LogP contribution in [0.15, 0.2) is 46.2 Å². The second-order valence-corrected chi connectivity index (χ2v) is 10.5. The maximum Gasteiger partial charge on any atom is 0.228 e. The molecular weight excluding hydrogens is 432 g/mol. The van der Waals surface area contributed by atoms with E-state index in [4.69, 9.17) is 11.6 Å². The molecule has 3 rings (SSSR count). The molecule has 0 saturated carbocycles. The molecule has 154 valence electrons. The zero-order chi connectivity index (χ0) is 21.2. The van der Waals surface area contributed by atoms with E-state index in [0.29, 0.717) is 22.2 Å². The molecule has 0 spiro atoms. The normalized spacial score (nSPS) is 16.5. The van der Waals surface area contributed by atoms with Crippen molar-refractivity contribution in [2.75, 3.05) is 22.1 Å². The number of aryl methyl sites for hydroxylation is 1. The minimum absolute atomic E-state index is 0.0819. The number of carbonyl (C=O) groups is 2. The Labute approximate surface area is 179 Å². The van der Waals surface area contributed by atoms with Crippen LogP contribution in [0.4, 0.5) is 11.4 Å². The first kappa shape index (κ1) is 21.7. The van der Waals surface area contributed by atoms with Gasteiger partial charge in [-0.15, -0.1) is 11.8 Å². The van der Waals surface area contributed by atoms with Gasteiger partial charge < -0.3 is 10.6 Å². The number of fused-ring (bicyclic) bond motifs is 1. The van der Waals surface area contributed by atoms with E-state index in [1.165, 1.54) is 23.9 Å². The molecular formula is C20H21ClN2O4S2. The third-order valence-corrected chi connectivity index (χ3v) is 7.86. The van der Waals surface area contributed by atoms with Gasteiger partial charge in [-0.3, -0.25) is 9.59 Å². The van der Waals surface area contributed by atoms with Crippen molar-refractivity contribution in [2.24, 2.45) is 5.92 Å². The average molecular weight is 453 g/mol. The lowest BCUT2D eigenvalue weighted by Crippen LogP contribution is -2.20. The first-order valence-electron chi connectivity index (χ1n) is 9.02. The van der Waals surface area contributed by atoms with Gasteiger partial charge in [-0.25, -0.2) is 8.42 Å². The van der Waals surface area contributed by atoms with E-state index >= 15 is 0 Å². The molecule has 9 heteroatoms. The molecule has 1 aliphatic heterocycles. The van der Waals surface area contributed by atoms with Crippen molar-refractivity contribution >= 4 is 56.4 Å². The highest BCUT2D eigenvalue weighted by atomic mass is 35.5. The lowest BCUT2D eigenvalue weighted by Gasteiger charge is -2.11. The van der Waals surface area contributed by atoms with Crippen molar-refractivity contribution in [3.8, 4) is 0 Å². The fourth-order valence-electron chi connectivity index (χ4n) is 2.76. The Morgan fingerprint density at radius 3 is 2.79 bits per heavy atom. The number of hydrogen-bond donors (Lipinski definition) is 2. The highest BCUT2D eigenvalue weighted by Gasteiger charge is 2.23. The summed E-state index contributed by atoms with van der Waals surface area (Å²) in [4.78, 5) is 25.2. The molecule has 2 N–H and O–H groups in total. The number of rotatable bonds is 5. The van der Waals surface area contributed by atoms with Crippen molar-refractivity contribution in [1.82, 2.24) is 0 Å². The minimum atomic E-state index is -3.69. The Balaban J connectivity index is 1.70. The Morgan fingerprint density at radius 2 is 2.03 bits per heavy atom. The number of sulfone groups is 1. The molecule has 2 amide bonds. The monoisotopic (exact) mass is 452 g/mol. The van der Waals surface area contributed by atoms with Crippen LogP contribution in [0, 0.1) is 12.8 Å². The van der Waals surface area contributed by atoms with Crippen LogP contribution in [-0.2, 0) is 19.4 Å². The Kier molecular flexibility index (Phi) is 6.55. The number of hydrogen-bond acceptors (Lipinski definition) is 5. The molecule has 1 aliphatic rings. The summed E-state index contributed by atoms with van der Waals surface area (Å²) in [5.41, 5.74) is 1.88. The molecule has 1 heterocycles. The first-order valence-corrected chi connectivity index (χ1v) is 12.0. The predicted molar refractivity (Wildman–Crippen MR) is 116 cm³/mol. The summed E-state index contributed by atoms with van der Waals surface area (Å²) in [6, 6.07) is 9.79. The van der Waals surface area contributed by atoms with Crippen molar-refractivity contribution in [3.63, 3.8) is 0 Å². The van der Waals surface area contributed by atoms with Crippen LogP contribution in [0.5, 0.6) is 0 Å². The van der Waals surface area contributed by atoms with E-state index < -0.39 is 15.7 Å². The second-order valence-electron chi connectivity index (χ2n) is 6.94. The van der Waals surface area contributed by atoms with Gasteiger partial charge in [-0.1, -0.05) is 24.6 Å². The highest BCUT2D eigenvalue weighted by molar-refractivity contribution is 7.99. The second kappa shape index (κ2) is 8.77. The lowest BCUT2D eigenvalue weighted by molar-refractivity contribution is -0.118. The van der Waals surface area contributed by atoms with Crippen LogP contribution >= 0.6 is 23.4 Å². The predicted octanol–water partition coefficient (Wildman–Crippen LogP) is 4.13. The average Bonchev–Trinajstić information content (AvgIpc) is 2.81. The number of carbonyl (C=O) groups excluding carboxylic acids is 2. The maximum absolute atomic E-state index is 12.7. The smallest absolute Gasteiger partial charge is 0.228 e. The largest absolute Gasteiger partial charge is 0.326 e. The molecule has 0 saturated heterocycles. The lowest BCUT2D eigenvalue weighted by atomic mass is 10.2. The van der Waals surface area contributed by atoms with Gasteiger partial charge in [0, 0.05) is 33.7 Å². The Morgan fingerprint density at radius 1 is 1.28 bits per heavy atom. The summed E-state index contributed by atoms with van der Waals surface area (Å²) in [6.07, 6.45) is -0.191. The first-order chi connectivity index (χ1) is 13.7. The van der Waals surface area contributed by atoms with Crippen LogP contribution in [-0.4, -0.2) is 31.7 Å². The molecule has 0 unspecified atom stereocenters. The molecule has 0 aliphatic carbocycles.